The first-order valence-corrected chi connectivity index (χ1v) is 8.88. The van der Waals surface area contributed by atoms with Crippen molar-refractivity contribution in [3.63, 3.8) is 0 Å². The Kier molecular flexibility index (Phi) is 7.63. The Balaban J connectivity index is 1.71. The molecule has 0 bridgehead atoms. The second kappa shape index (κ2) is 9.94. The van der Waals surface area contributed by atoms with Gasteiger partial charge < -0.3 is 20.3 Å². The molecule has 0 spiro atoms. The molecule has 26 heavy (non-hydrogen) atoms. The molecular weight excluding hydrogens is 330 g/mol. The van der Waals surface area contributed by atoms with Gasteiger partial charge >= 0.3 is 6.09 Å². The molecular formula is C21H27NO4. The van der Waals surface area contributed by atoms with Gasteiger partial charge in [0, 0.05) is 6.54 Å². The predicted octanol–water partition coefficient (Wildman–Crippen LogP) is 3.52. The van der Waals surface area contributed by atoms with E-state index in [-0.39, 0.29) is 19.6 Å². The fourth-order valence-corrected chi connectivity index (χ4v) is 2.55. The SMILES string of the molecule is CC(C)c1ccc(C(O)C(O)CCNC(=O)OCc2ccccc2)cc1. The number of ether oxygens (including phenoxy) is 1. The zero-order chi connectivity index (χ0) is 18.9. The van der Waals surface area contributed by atoms with E-state index in [4.69, 9.17) is 4.74 Å². The first-order valence-electron chi connectivity index (χ1n) is 8.88. The number of amides is 1. The van der Waals surface area contributed by atoms with Crippen molar-refractivity contribution in [2.24, 2.45) is 0 Å². The summed E-state index contributed by atoms with van der Waals surface area (Å²) in [4.78, 5) is 11.7. The smallest absolute Gasteiger partial charge is 0.407 e. The molecule has 0 radical (unpaired) electrons. The maximum absolute atomic E-state index is 11.7. The Morgan fingerprint density at radius 3 is 2.23 bits per heavy atom. The molecule has 2 unspecified atom stereocenters. The number of carbonyl (C=O) groups is 1. The minimum absolute atomic E-state index is 0.194. The fourth-order valence-electron chi connectivity index (χ4n) is 2.55. The van der Waals surface area contributed by atoms with Crippen molar-refractivity contribution in [2.75, 3.05) is 6.54 Å². The largest absolute Gasteiger partial charge is 0.445 e. The fraction of sp³-hybridized carbons (Fsp3) is 0.381. The maximum atomic E-state index is 11.7. The zero-order valence-electron chi connectivity index (χ0n) is 15.3. The third-order valence-electron chi connectivity index (χ3n) is 4.23. The van der Waals surface area contributed by atoms with Gasteiger partial charge in [-0.15, -0.1) is 0 Å². The summed E-state index contributed by atoms with van der Waals surface area (Å²) in [5.41, 5.74) is 2.75. The topological polar surface area (TPSA) is 78.8 Å². The molecule has 0 saturated carbocycles. The van der Waals surface area contributed by atoms with Crippen molar-refractivity contribution in [1.82, 2.24) is 5.32 Å². The summed E-state index contributed by atoms with van der Waals surface area (Å²) >= 11 is 0. The minimum atomic E-state index is -0.988. The Hall–Kier alpha value is -2.37. The molecule has 0 fully saturated rings. The molecule has 5 nitrogen and oxygen atoms in total. The van der Waals surface area contributed by atoms with E-state index in [1.807, 2.05) is 54.6 Å². The lowest BCUT2D eigenvalue weighted by Gasteiger charge is -2.19. The van der Waals surface area contributed by atoms with Gasteiger partial charge in [-0.2, -0.15) is 0 Å². The number of alkyl carbamates (subject to hydrolysis) is 1. The van der Waals surface area contributed by atoms with Gasteiger partial charge in [-0.1, -0.05) is 68.4 Å². The van der Waals surface area contributed by atoms with Crippen LogP contribution in [0.15, 0.2) is 54.6 Å². The maximum Gasteiger partial charge on any atom is 0.407 e. The normalized spacial score (nSPS) is 13.3. The molecule has 2 aromatic carbocycles. The Morgan fingerprint density at radius 2 is 1.62 bits per heavy atom. The molecule has 140 valence electrons. The monoisotopic (exact) mass is 357 g/mol. The highest BCUT2D eigenvalue weighted by atomic mass is 16.5. The van der Waals surface area contributed by atoms with Crippen LogP contribution in [-0.4, -0.2) is 29.0 Å². The lowest BCUT2D eigenvalue weighted by molar-refractivity contribution is 0.0136. The molecule has 0 aliphatic heterocycles. The number of aliphatic hydroxyl groups excluding tert-OH is 2. The van der Waals surface area contributed by atoms with Crippen LogP contribution in [0, 0.1) is 0 Å². The number of rotatable bonds is 8. The van der Waals surface area contributed by atoms with Crippen molar-refractivity contribution in [3.8, 4) is 0 Å². The van der Waals surface area contributed by atoms with E-state index < -0.39 is 18.3 Å². The Bertz CT molecular complexity index is 670. The predicted molar refractivity (Wildman–Crippen MR) is 101 cm³/mol. The molecule has 5 heteroatoms. The number of carbonyl (C=O) groups excluding carboxylic acids is 1. The summed E-state index contributed by atoms with van der Waals surface area (Å²) in [6.45, 7) is 4.61. The molecule has 1 amide bonds. The molecule has 0 saturated heterocycles. The van der Waals surface area contributed by atoms with Crippen LogP contribution in [0.3, 0.4) is 0 Å². The third kappa shape index (κ3) is 6.17. The Morgan fingerprint density at radius 1 is 1.00 bits per heavy atom. The van der Waals surface area contributed by atoms with E-state index >= 15 is 0 Å². The first-order chi connectivity index (χ1) is 12.5. The molecule has 0 aromatic heterocycles. The van der Waals surface area contributed by atoms with Crippen molar-refractivity contribution in [2.45, 2.75) is 45.0 Å². The van der Waals surface area contributed by atoms with Crippen LogP contribution in [-0.2, 0) is 11.3 Å². The van der Waals surface area contributed by atoms with Gasteiger partial charge in [0.15, 0.2) is 0 Å². The van der Waals surface area contributed by atoms with E-state index in [0.29, 0.717) is 11.5 Å². The summed E-state index contributed by atoms with van der Waals surface area (Å²) in [6.07, 6.45) is -2.27. The van der Waals surface area contributed by atoms with Crippen LogP contribution in [0.25, 0.3) is 0 Å². The number of benzene rings is 2. The van der Waals surface area contributed by atoms with Crippen molar-refractivity contribution >= 4 is 6.09 Å². The van der Waals surface area contributed by atoms with Gasteiger partial charge in [0.2, 0.25) is 0 Å². The van der Waals surface area contributed by atoms with E-state index in [9.17, 15) is 15.0 Å². The second-order valence-electron chi connectivity index (χ2n) is 6.61. The van der Waals surface area contributed by atoms with Crippen molar-refractivity contribution < 1.29 is 19.7 Å². The standard InChI is InChI=1S/C21H27NO4/c1-15(2)17-8-10-18(11-9-17)20(24)19(23)12-13-22-21(25)26-14-16-6-4-3-5-7-16/h3-11,15,19-20,23-24H,12-14H2,1-2H3,(H,22,25). The van der Waals surface area contributed by atoms with Gasteiger partial charge in [-0.25, -0.2) is 4.79 Å². The third-order valence-corrected chi connectivity index (χ3v) is 4.23. The number of aliphatic hydroxyl groups is 2. The molecule has 2 aromatic rings. The molecule has 2 atom stereocenters. The molecule has 3 N–H and O–H groups in total. The summed E-state index contributed by atoms with van der Waals surface area (Å²) in [5, 5.41) is 23.0. The molecule has 0 heterocycles. The quantitative estimate of drug-likeness (QED) is 0.675. The van der Waals surface area contributed by atoms with Crippen LogP contribution >= 0.6 is 0 Å². The van der Waals surface area contributed by atoms with Gasteiger partial charge in [0.25, 0.3) is 0 Å². The van der Waals surface area contributed by atoms with Gasteiger partial charge in [0.1, 0.15) is 12.7 Å². The summed E-state index contributed by atoms with van der Waals surface area (Å²) < 4.78 is 5.10. The second-order valence-corrected chi connectivity index (χ2v) is 6.61. The summed E-state index contributed by atoms with van der Waals surface area (Å²) in [6, 6.07) is 17.0. The van der Waals surface area contributed by atoms with Gasteiger partial charge in [-0.3, -0.25) is 0 Å². The molecule has 0 aliphatic rings. The zero-order valence-corrected chi connectivity index (χ0v) is 15.3. The number of hydrogen-bond donors (Lipinski definition) is 3. The van der Waals surface area contributed by atoms with Gasteiger partial charge in [0.05, 0.1) is 6.10 Å². The van der Waals surface area contributed by atoms with Crippen molar-refractivity contribution in [3.05, 3.63) is 71.3 Å². The average Bonchev–Trinajstić information content (AvgIpc) is 2.66. The number of hydrogen-bond acceptors (Lipinski definition) is 4. The Labute approximate surface area is 154 Å². The van der Waals surface area contributed by atoms with Crippen LogP contribution in [0.4, 0.5) is 4.79 Å². The highest BCUT2D eigenvalue weighted by Crippen LogP contribution is 2.22. The lowest BCUT2D eigenvalue weighted by Crippen LogP contribution is -2.29. The first kappa shape index (κ1) is 19.9. The van der Waals surface area contributed by atoms with Crippen LogP contribution in [0.1, 0.15) is 49.0 Å². The average molecular weight is 357 g/mol. The van der Waals surface area contributed by atoms with Crippen LogP contribution in [0.5, 0.6) is 0 Å². The highest BCUT2D eigenvalue weighted by Gasteiger charge is 2.18. The van der Waals surface area contributed by atoms with E-state index in [2.05, 4.69) is 19.2 Å². The number of nitrogens with one attached hydrogen (secondary N) is 1. The van der Waals surface area contributed by atoms with E-state index in [1.54, 1.807) is 0 Å². The minimum Gasteiger partial charge on any atom is -0.445 e. The highest BCUT2D eigenvalue weighted by molar-refractivity contribution is 5.67. The lowest BCUT2D eigenvalue weighted by atomic mass is 9.97. The molecule has 2 rings (SSSR count). The summed E-state index contributed by atoms with van der Waals surface area (Å²) in [5.74, 6) is 0.414. The van der Waals surface area contributed by atoms with E-state index in [1.165, 1.54) is 5.56 Å². The molecule has 0 aliphatic carbocycles. The summed E-state index contributed by atoms with van der Waals surface area (Å²) in [7, 11) is 0. The van der Waals surface area contributed by atoms with Crippen molar-refractivity contribution in [1.29, 1.82) is 0 Å². The van der Waals surface area contributed by atoms with E-state index in [0.717, 1.165) is 5.56 Å². The van der Waals surface area contributed by atoms with Crippen LogP contribution in [0.2, 0.25) is 0 Å². The van der Waals surface area contributed by atoms with Gasteiger partial charge in [-0.05, 0) is 29.0 Å². The van der Waals surface area contributed by atoms with Crippen LogP contribution < -0.4 is 5.32 Å².